The van der Waals surface area contributed by atoms with E-state index in [0.29, 0.717) is 11.8 Å². The van der Waals surface area contributed by atoms with Crippen molar-refractivity contribution in [2.75, 3.05) is 38.6 Å². The minimum Gasteiger partial charge on any atom is -0.497 e. The van der Waals surface area contributed by atoms with Crippen molar-refractivity contribution < 1.29 is 9.26 Å². The Balaban J connectivity index is 1.54. The summed E-state index contributed by atoms with van der Waals surface area (Å²) < 4.78 is 10.5. The summed E-state index contributed by atoms with van der Waals surface area (Å²) >= 11 is 0. The van der Waals surface area contributed by atoms with Gasteiger partial charge in [-0.2, -0.15) is 4.98 Å². The Morgan fingerprint density at radius 1 is 1.27 bits per heavy atom. The second-order valence-electron chi connectivity index (χ2n) is 5.48. The molecule has 0 radical (unpaired) electrons. The van der Waals surface area contributed by atoms with E-state index in [0.717, 1.165) is 24.4 Å². The summed E-state index contributed by atoms with van der Waals surface area (Å²) in [6.45, 7) is 4.22. The number of likely N-dealkylation sites (tertiary alicyclic amines) is 1. The van der Waals surface area contributed by atoms with Crippen molar-refractivity contribution in [1.29, 1.82) is 0 Å². The van der Waals surface area contributed by atoms with Crippen LogP contribution in [0.4, 0.5) is 6.01 Å². The van der Waals surface area contributed by atoms with Gasteiger partial charge in [0.2, 0.25) is 5.82 Å². The summed E-state index contributed by atoms with van der Waals surface area (Å²) in [7, 11) is 1.64. The average Bonchev–Trinajstić information content (AvgIpc) is 3.05. The lowest BCUT2D eigenvalue weighted by Gasteiger charge is -2.26. The fraction of sp³-hybridized carbons (Fsp3) is 0.500. The molecule has 0 amide bonds. The van der Waals surface area contributed by atoms with E-state index in [2.05, 4.69) is 20.4 Å². The maximum Gasteiger partial charge on any atom is 0.321 e. The molecular weight excluding hydrogens is 280 g/mol. The van der Waals surface area contributed by atoms with Crippen LogP contribution in [0.15, 0.2) is 28.8 Å². The van der Waals surface area contributed by atoms with E-state index in [1.165, 1.54) is 32.4 Å². The first kappa shape index (κ1) is 14.8. The number of hydrogen-bond acceptors (Lipinski definition) is 6. The van der Waals surface area contributed by atoms with Crippen molar-refractivity contribution >= 4 is 6.01 Å². The third kappa shape index (κ3) is 3.76. The molecule has 1 aliphatic rings. The molecule has 1 aliphatic heterocycles. The number of anilines is 1. The lowest BCUT2D eigenvalue weighted by molar-refractivity contribution is 0.236. The van der Waals surface area contributed by atoms with Gasteiger partial charge >= 0.3 is 6.01 Å². The number of hydrogen-bond donors (Lipinski definition) is 1. The molecule has 22 heavy (non-hydrogen) atoms. The zero-order chi connectivity index (χ0) is 15.2. The molecule has 6 nitrogen and oxygen atoms in total. The normalized spacial score (nSPS) is 15.7. The van der Waals surface area contributed by atoms with E-state index in [-0.39, 0.29) is 0 Å². The maximum atomic E-state index is 5.25. The maximum absolute atomic E-state index is 5.25. The Labute approximate surface area is 130 Å². The Morgan fingerprint density at radius 2 is 2.14 bits per heavy atom. The van der Waals surface area contributed by atoms with E-state index < -0.39 is 0 Å². The first-order valence-electron chi connectivity index (χ1n) is 7.79. The van der Waals surface area contributed by atoms with Crippen LogP contribution in [0, 0.1) is 0 Å². The van der Waals surface area contributed by atoms with Gasteiger partial charge in [-0.15, -0.1) is 0 Å². The number of ether oxygens (including phenoxy) is 1. The summed E-state index contributed by atoms with van der Waals surface area (Å²) in [5.41, 5.74) is 0.882. The minimum atomic E-state index is 0.467. The van der Waals surface area contributed by atoms with Crippen LogP contribution in [0.5, 0.6) is 5.75 Å². The summed E-state index contributed by atoms with van der Waals surface area (Å²) in [5.74, 6) is 1.35. The first-order chi connectivity index (χ1) is 10.8. The zero-order valence-corrected chi connectivity index (χ0v) is 12.9. The Bertz CT molecular complexity index is 593. The quantitative estimate of drug-likeness (QED) is 0.885. The van der Waals surface area contributed by atoms with Crippen LogP contribution >= 0.6 is 0 Å². The van der Waals surface area contributed by atoms with Crippen molar-refractivity contribution in [3.8, 4) is 17.1 Å². The molecule has 3 rings (SSSR count). The molecule has 2 heterocycles. The molecule has 0 unspecified atom stereocenters. The lowest BCUT2D eigenvalue weighted by Crippen LogP contribution is -2.33. The predicted molar refractivity (Wildman–Crippen MR) is 85.1 cm³/mol. The topological polar surface area (TPSA) is 63.4 Å². The Kier molecular flexibility index (Phi) is 4.90. The standard InChI is InChI=1S/C16H22N4O2/c1-21-14-7-5-6-13(12-14)15-18-16(22-19-15)17-8-11-20-9-3-2-4-10-20/h5-7,12H,2-4,8-11H2,1H3,(H,17,18,19). The van der Waals surface area contributed by atoms with Crippen molar-refractivity contribution in [3.05, 3.63) is 24.3 Å². The van der Waals surface area contributed by atoms with Crippen LogP contribution in [-0.4, -0.2) is 48.3 Å². The van der Waals surface area contributed by atoms with Gasteiger partial charge in [-0.3, -0.25) is 0 Å². The van der Waals surface area contributed by atoms with Gasteiger partial charge in [-0.1, -0.05) is 23.7 Å². The van der Waals surface area contributed by atoms with Crippen molar-refractivity contribution in [2.24, 2.45) is 0 Å². The number of rotatable bonds is 6. The molecule has 1 N–H and O–H groups in total. The monoisotopic (exact) mass is 302 g/mol. The van der Waals surface area contributed by atoms with E-state index in [9.17, 15) is 0 Å². The van der Waals surface area contributed by atoms with Gasteiger partial charge in [0, 0.05) is 18.7 Å². The van der Waals surface area contributed by atoms with Crippen LogP contribution in [0.25, 0.3) is 11.4 Å². The molecule has 118 valence electrons. The fourth-order valence-corrected chi connectivity index (χ4v) is 2.68. The number of nitrogens with zero attached hydrogens (tertiary/aromatic N) is 3. The van der Waals surface area contributed by atoms with Crippen molar-refractivity contribution in [2.45, 2.75) is 19.3 Å². The van der Waals surface area contributed by atoms with E-state index in [1.54, 1.807) is 7.11 Å². The second-order valence-corrected chi connectivity index (χ2v) is 5.48. The molecule has 1 fully saturated rings. The van der Waals surface area contributed by atoms with E-state index in [4.69, 9.17) is 9.26 Å². The molecule has 0 atom stereocenters. The van der Waals surface area contributed by atoms with E-state index >= 15 is 0 Å². The Morgan fingerprint density at radius 3 is 2.95 bits per heavy atom. The molecular formula is C16H22N4O2. The number of aromatic nitrogens is 2. The van der Waals surface area contributed by atoms with Crippen LogP contribution < -0.4 is 10.1 Å². The highest BCUT2D eigenvalue weighted by Gasteiger charge is 2.11. The second kappa shape index (κ2) is 7.26. The lowest BCUT2D eigenvalue weighted by atomic mass is 10.1. The predicted octanol–water partition coefficient (Wildman–Crippen LogP) is 2.64. The molecule has 1 aromatic heterocycles. The highest BCUT2D eigenvalue weighted by Crippen LogP contribution is 2.22. The molecule has 0 bridgehead atoms. The van der Waals surface area contributed by atoms with Crippen LogP contribution in [0.2, 0.25) is 0 Å². The molecule has 1 saturated heterocycles. The van der Waals surface area contributed by atoms with Gasteiger partial charge in [0.05, 0.1) is 7.11 Å². The Hall–Kier alpha value is -2.08. The van der Waals surface area contributed by atoms with Gasteiger partial charge in [0.15, 0.2) is 0 Å². The van der Waals surface area contributed by atoms with Gasteiger partial charge in [0.25, 0.3) is 0 Å². The largest absolute Gasteiger partial charge is 0.497 e. The molecule has 0 saturated carbocycles. The third-order valence-corrected chi connectivity index (χ3v) is 3.91. The average molecular weight is 302 g/mol. The number of piperidine rings is 1. The molecule has 1 aromatic carbocycles. The SMILES string of the molecule is COc1cccc(-c2noc(NCCN3CCCCC3)n2)c1. The molecule has 2 aromatic rings. The number of methoxy groups -OCH3 is 1. The summed E-state index contributed by atoms with van der Waals surface area (Å²) in [5, 5.41) is 7.21. The highest BCUT2D eigenvalue weighted by atomic mass is 16.5. The fourth-order valence-electron chi connectivity index (χ4n) is 2.68. The smallest absolute Gasteiger partial charge is 0.321 e. The van der Waals surface area contributed by atoms with Crippen LogP contribution in [0.3, 0.4) is 0 Å². The third-order valence-electron chi connectivity index (χ3n) is 3.91. The molecule has 6 heteroatoms. The molecule has 0 aliphatic carbocycles. The minimum absolute atomic E-state index is 0.467. The van der Waals surface area contributed by atoms with Crippen molar-refractivity contribution in [3.63, 3.8) is 0 Å². The van der Waals surface area contributed by atoms with Gasteiger partial charge in [-0.25, -0.2) is 0 Å². The molecule has 0 spiro atoms. The number of benzene rings is 1. The summed E-state index contributed by atoms with van der Waals surface area (Å²) in [4.78, 5) is 6.84. The van der Waals surface area contributed by atoms with Gasteiger partial charge in [-0.05, 0) is 38.1 Å². The zero-order valence-electron chi connectivity index (χ0n) is 12.9. The van der Waals surface area contributed by atoms with Gasteiger partial charge in [0.1, 0.15) is 5.75 Å². The van der Waals surface area contributed by atoms with Crippen LogP contribution in [-0.2, 0) is 0 Å². The summed E-state index contributed by atoms with van der Waals surface area (Å²) in [6, 6.07) is 8.10. The van der Waals surface area contributed by atoms with Crippen LogP contribution in [0.1, 0.15) is 19.3 Å². The number of nitrogens with one attached hydrogen (secondary N) is 1. The van der Waals surface area contributed by atoms with Gasteiger partial charge < -0.3 is 19.5 Å². The first-order valence-corrected chi connectivity index (χ1v) is 7.79. The highest BCUT2D eigenvalue weighted by molar-refractivity contribution is 5.57. The van der Waals surface area contributed by atoms with E-state index in [1.807, 2.05) is 24.3 Å². The summed E-state index contributed by atoms with van der Waals surface area (Å²) in [6.07, 6.45) is 3.97. The van der Waals surface area contributed by atoms with Crippen molar-refractivity contribution in [1.82, 2.24) is 15.0 Å².